The van der Waals surface area contributed by atoms with Crippen molar-refractivity contribution < 1.29 is 17.2 Å². The van der Waals surface area contributed by atoms with Crippen molar-refractivity contribution in [3.8, 4) is 0 Å². The number of sulfonamides is 1. The summed E-state index contributed by atoms with van der Waals surface area (Å²) in [5, 5.41) is 4.83. The highest BCUT2D eigenvalue weighted by Gasteiger charge is 2.71. The molecule has 3 nitrogen and oxygen atoms in total. The van der Waals surface area contributed by atoms with Gasteiger partial charge >= 0.3 is 0 Å². The van der Waals surface area contributed by atoms with Gasteiger partial charge in [0, 0.05) is 11.8 Å². The summed E-state index contributed by atoms with van der Waals surface area (Å²) in [6, 6.07) is 0. The van der Waals surface area contributed by atoms with Crippen LogP contribution in [0.1, 0.15) is 12.8 Å². The smallest absolute Gasteiger partial charge is 0.229 e. The molecule has 0 aliphatic heterocycles. The van der Waals surface area contributed by atoms with E-state index in [1.54, 1.807) is 0 Å². The lowest BCUT2D eigenvalue weighted by Crippen LogP contribution is -2.23. The van der Waals surface area contributed by atoms with Crippen LogP contribution < -0.4 is 5.14 Å². The Morgan fingerprint density at radius 2 is 1.77 bits per heavy atom. The number of primary sulfonamides is 1. The average molecular weight is 211 g/mol. The average Bonchev–Trinajstić information content (AvgIpc) is 2.38. The van der Waals surface area contributed by atoms with E-state index in [9.17, 15) is 17.2 Å². The lowest BCUT2D eigenvalue weighted by molar-refractivity contribution is 0.0656. The second-order valence-corrected chi connectivity index (χ2v) is 5.71. The van der Waals surface area contributed by atoms with Gasteiger partial charge in [0.1, 0.15) is 0 Å². The Labute approximate surface area is 75.3 Å². The highest BCUT2D eigenvalue weighted by atomic mass is 32.2. The molecule has 2 N–H and O–H groups in total. The molecule has 0 aromatic heterocycles. The third-order valence-corrected chi connectivity index (χ3v) is 3.94. The van der Waals surface area contributed by atoms with E-state index < -0.39 is 27.8 Å². The van der Waals surface area contributed by atoms with Gasteiger partial charge in [-0.25, -0.2) is 22.3 Å². The fourth-order valence-electron chi connectivity index (χ4n) is 2.38. The number of rotatable bonds is 2. The Kier molecular flexibility index (Phi) is 1.73. The summed E-state index contributed by atoms with van der Waals surface area (Å²) in [5.41, 5.74) is 0. The molecule has 0 heterocycles. The molecule has 2 rings (SSSR count). The Morgan fingerprint density at radius 1 is 1.31 bits per heavy atom. The van der Waals surface area contributed by atoms with Gasteiger partial charge in [0.25, 0.3) is 5.92 Å². The van der Waals surface area contributed by atoms with Crippen LogP contribution in [0.5, 0.6) is 0 Å². The Hall–Kier alpha value is -0.230. The van der Waals surface area contributed by atoms with Gasteiger partial charge in [0.2, 0.25) is 10.0 Å². The normalized spacial score (nSPS) is 41.6. The lowest BCUT2D eigenvalue weighted by atomic mass is 10.1. The Bertz CT molecular complexity index is 313. The second-order valence-electron chi connectivity index (χ2n) is 4.05. The summed E-state index contributed by atoms with van der Waals surface area (Å²) in [6.45, 7) is 0. The van der Waals surface area contributed by atoms with E-state index in [1.807, 2.05) is 0 Å². The molecule has 0 saturated heterocycles. The van der Waals surface area contributed by atoms with Gasteiger partial charge < -0.3 is 0 Å². The molecule has 2 unspecified atom stereocenters. The predicted molar refractivity (Wildman–Crippen MR) is 42.6 cm³/mol. The summed E-state index contributed by atoms with van der Waals surface area (Å²) in [6.07, 6.45) is 0.627. The van der Waals surface area contributed by atoms with Gasteiger partial charge in [-0.2, -0.15) is 0 Å². The molecule has 2 aliphatic rings. The third kappa shape index (κ3) is 1.57. The molecular formula is C7H11F2NO2S. The standard InChI is InChI=1S/C7H11F2NO2S/c8-7(9)5-1-4(2-6(5)7)3-13(10,11)12/h4-6H,1-3H2,(H2,10,11,12). The van der Waals surface area contributed by atoms with Crippen molar-refractivity contribution >= 4 is 10.0 Å². The van der Waals surface area contributed by atoms with Crippen molar-refractivity contribution in [1.82, 2.24) is 0 Å². The number of hydrogen-bond acceptors (Lipinski definition) is 2. The summed E-state index contributed by atoms with van der Waals surface area (Å²) in [7, 11) is -3.49. The summed E-state index contributed by atoms with van der Waals surface area (Å²) in [5.74, 6) is -3.95. The van der Waals surface area contributed by atoms with E-state index in [-0.39, 0.29) is 11.7 Å². The molecule has 0 aromatic carbocycles. The van der Waals surface area contributed by atoms with Crippen LogP contribution in [0.25, 0.3) is 0 Å². The van der Waals surface area contributed by atoms with Crippen molar-refractivity contribution in [2.75, 3.05) is 5.75 Å². The van der Waals surface area contributed by atoms with E-state index >= 15 is 0 Å². The molecular weight excluding hydrogens is 200 g/mol. The number of hydrogen-bond donors (Lipinski definition) is 1. The molecule has 76 valence electrons. The topological polar surface area (TPSA) is 60.2 Å². The van der Waals surface area contributed by atoms with Gasteiger partial charge in [-0.15, -0.1) is 0 Å². The molecule has 6 heteroatoms. The second kappa shape index (κ2) is 2.42. The molecule has 2 atom stereocenters. The highest BCUT2D eigenvalue weighted by molar-refractivity contribution is 7.89. The van der Waals surface area contributed by atoms with Crippen LogP contribution in [0.15, 0.2) is 0 Å². The number of alkyl halides is 2. The molecule has 0 bridgehead atoms. The summed E-state index contributed by atoms with van der Waals surface area (Å²) >= 11 is 0. The van der Waals surface area contributed by atoms with Crippen molar-refractivity contribution in [3.05, 3.63) is 0 Å². The molecule has 2 aliphatic carbocycles. The van der Waals surface area contributed by atoms with E-state index in [2.05, 4.69) is 0 Å². The zero-order valence-electron chi connectivity index (χ0n) is 6.91. The van der Waals surface area contributed by atoms with Gasteiger partial charge in [-0.1, -0.05) is 0 Å². The van der Waals surface area contributed by atoms with Crippen molar-refractivity contribution in [1.29, 1.82) is 0 Å². The minimum absolute atomic E-state index is 0.143. The first kappa shape index (κ1) is 9.33. The van der Waals surface area contributed by atoms with Crippen LogP contribution in [0.3, 0.4) is 0 Å². The van der Waals surface area contributed by atoms with Crippen LogP contribution in [0.4, 0.5) is 8.78 Å². The predicted octanol–water partition coefficient (Wildman–Crippen LogP) is 0.566. The summed E-state index contributed by atoms with van der Waals surface area (Å²) < 4.78 is 46.7. The Balaban J connectivity index is 1.91. The maximum atomic E-state index is 12.7. The molecule has 2 saturated carbocycles. The number of halogens is 2. The fourth-order valence-corrected chi connectivity index (χ4v) is 3.31. The molecule has 13 heavy (non-hydrogen) atoms. The molecule has 0 aromatic rings. The highest BCUT2D eigenvalue weighted by Crippen LogP contribution is 2.65. The minimum Gasteiger partial charge on any atom is -0.229 e. The van der Waals surface area contributed by atoms with Crippen LogP contribution >= 0.6 is 0 Å². The van der Waals surface area contributed by atoms with E-state index in [1.165, 1.54) is 0 Å². The van der Waals surface area contributed by atoms with Crippen LogP contribution in [-0.4, -0.2) is 20.1 Å². The van der Waals surface area contributed by atoms with E-state index in [4.69, 9.17) is 5.14 Å². The lowest BCUT2D eigenvalue weighted by Gasteiger charge is -2.11. The van der Waals surface area contributed by atoms with Crippen molar-refractivity contribution in [2.24, 2.45) is 22.9 Å². The maximum absolute atomic E-state index is 12.7. The maximum Gasteiger partial charge on any atom is 0.254 e. The van der Waals surface area contributed by atoms with E-state index in [0.717, 1.165) is 0 Å². The zero-order valence-corrected chi connectivity index (χ0v) is 7.73. The first-order chi connectivity index (χ1) is 5.81. The molecule has 2 fully saturated rings. The monoisotopic (exact) mass is 211 g/mol. The summed E-state index contributed by atoms with van der Waals surface area (Å²) in [4.78, 5) is 0. The quantitative estimate of drug-likeness (QED) is 0.725. The third-order valence-electron chi connectivity index (χ3n) is 3.01. The largest absolute Gasteiger partial charge is 0.254 e. The van der Waals surface area contributed by atoms with Crippen molar-refractivity contribution in [2.45, 2.75) is 18.8 Å². The zero-order chi connectivity index (χ0) is 9.85. The molecule has 0 amide bonds. The number of fused-ring (bicyclic) bond motifs is 1. The fraction of sp³-hybridized carbons (Fsp3) is 1.00. The minimum atomic E-state index is -3.49. The first-order valence-corrected chi connectivity index (χ1v) is 5.90. The number of nitrogens with two attached hydrogens (primary N) is 1. The van der Waals surface area contributed by atoms with Gasteiger partial charge in [-0.3, -0.25) is 0 Å². The van der Waals surface area contributed by atoms with Gasteiger partial charge in [0.15, 0.2) is 0 Å². The molecule has 0 spiro atoms. The molecule has 0 radical (unpaired) electrons. The van der Waals surface area contributed by atoms with Crippen LogP contribution in [0, 0.1) is 17.8 Å². The van der Waals surface area contributed by atoms with Gasteiger partial charge in [0.05, 0.1) is 5.75 Å². The SMILES string of the molecule is NS(=O)(=O)CC1CC2C(C1)C2(F)F. The van der Waals surface area contributed by atoms with Crippen LogP contribution in [-0.2, 0) is 10.0 Å². The first-order valence-electron chi connectivity index (χ1n) is 4.19. The van der Waals surface area contributed by atoms with E-state index in [0.29, 0.717) is 12.8 Å². The van der Waals surface area contributed by atoms with Crippen LogP contribution in [0.2, 0.25) is 0 Å². The Morgan fingerprint density at radius 3 is 2.15 bits per heavy atom. The van der Waals surface area contributed by atoms with Gasteiger partial charge in [-0.05, 0) is 18.8 Å². The van der Waals surface area contributed by atoms with Crippen molar-refractivity contribution in [3.63, 3.8) is 0 Å².